The molecule has 2 fully saturated rings. The molecule has 0 aliphatic carbocycles. The number of hydrogen-bond acceptors (Lipinski definition) is 6. The maximum absolute atomic E-state index is 13.6. The molecule has 0 saturated carbocycles. The molecule has 0 N–H and O–H groups in total. The van der Waals surface area contributed by atoms with Crippen LogP contribution in [-0.2, 0) is 22.2 Å². The van der Waals surface area contributed by atoms with E-state index in [-0.39, 0.29) is 11.0 Å². The van der Waals surface area contributed by atoms with Gasteiger partial charge >= 0.3 is 6.18 Å². The molecule has 0 unspecified atom stereocenters. The number of anilines is 1. The molecule has 0 amide bonds. The average molecular weight is 475 g/mol. The van der Waals surface area contributed by atoms with E-state index in [0.29, 0.717) is 44.5 Å². The number of ether oxygens (including phenoxy) is 2. The number of alkyl halides is 3. The molecule has 2 atom stereocenters. The van der Waals surface area contributed by atoms with Crippen LogP contribution in [0.1, 0.15) is 23.1 Å². The highest BCUT2D eigenvalue weighted by molar-refractivity contribution is 5.56. The number of pyridine rings is 1. The summed E-state index contributed by atoms with van der Waals surface area (Å²) in [6.45, 7) is 5.22. The second kappa shape index (κ2) is 10.3. The van der Waals surface area contributed by atoms with Crippen molar-refractivity contribution in [3.63, 3.8) is 0 Å². The Labute approximate surface area is 197 Å². The Bertz CT molecular complexity index is 1010. The first kappa shape index (κ1) is 24.5. The summed E-state index contributed by atoms with van der Waals surface area (Å²) in [5.41, 5.74) is 0.184. The van der Waals surface area contributed by atoms with Crippen molar-refractivity contribution in [1.82, 2.24) is 9.88 Å². The number of fused-ring (bicyclic) bond motifs is 1. The maximum Gasteiger partial charge on any atom is 0.417 e. The lowest BCUT2D eigenvalue weighted by atomic mass is 9.74. The zero-order valence-electron chi connectivity index (χ0n) is 19.2. The van der Waals surface area contributed by atoms with Gasteiger partial charge in [-0.25, -0.2) is 0 Å². The number of hydrogen-bond donors (Lipinski definition) is 0. The molecule has 182 valence electrons. The van der Waals surface area contributed by atoms with E-state index in [0.717, 1.165) is 37.7 Å². The van der Waals surface area contributed by atoms with Crippen molar-refractivity contribution < 1.29 is 22.6 Å². The smallest absolute Gasteiger partial charge is 0.382 e. The van der Waals surface area contributed by atoms with Gasteiger partial charge in [0.25, 0.3) is 0 Å². The second-order valence-electron chi connectivity index (χ2n) is 9.19. The number of piperidine rings is 1. The Hall–Kier alpha value is -2.67. The Morgan fingerprint density at radius 1 is 1.24 bits per heavy atom. The zero-order valence-corrected chi connectivity index (χ0v) is 19.2. The number of nitrogens with zero attached hydrogens (tertiary/aromatic N) is 4. The first-order valence-electron chi connectivity index (χ1n) is 11.4. The predicted octanol–water partition coefficient (Wildman–Crippen LogP) is 3.96. The van der Waals surface area contributed by atoms with Crippen molar-refractivity contribution in [3.05, 3.63) is 59.4 Å². The third-order valence-electron chi connectivity index (χ3n) is 6.89. The number of aromatic nitrogens is 1. The van der Waals surface area contributed by atoms with E-state index in [1.165, 1.54) is 6.07 Å². The van der Waals surface area contributed by atoms with Crippen molar-refractivity contribution in [2.24, 2.45) is 11.3 Å². The van der Waals surface area contributed by atoms with Crippen LogP contribution in [0.2, 0.25) is 0 Å². The Morgan fingerprint density at radius 2 is 2.09 bits per heavy atom. The number of methoxy groups -OCH3 is 1. The van der Waals surface area contributed by atoms with Gasteiger partial charge in [0, 0.05) is 56.8 Å². The minimum atomic E-state index is -4.57. The molecule has 1 aromatic heterocycles. The first-order valence-corrected chi connectivity index (χ1v) is 11.4. The van der Waals surface area contributed by atoms with Crippen molar-refractivity contribution in [3.8, 4) is 6.07 Å². The summed E-state index contributed by atoms with van der Waals surface area (Å²) >= 11 is 0. The van der Waals surface area contributed by atoms with Gasteiger partial charge in [0.05, 0.1) is 37.0 Å². The molecule has 34 heavy (non-hydrogen) atoms. The molecule has 2 saturated heterocycles. The summed E-state index contributed by atoms with van der Waals surface area (Å²) in [5, 5.41) is 9.14. The molecule has 0 radical (unpaired) electrons. The molecule has 2 aliphatic rings. The molecule has 0 bridgehead atoms. The third-order valence-corrected chi connectivity index (χ3v) is 6.89. The molecule has 1 aromatic carbocycles. The first-order chi connectivity index (χ1) is 16.3. The minimum absolute atomic E-state index is 0.208. The largest absolute Gasteiger partial charge is 0.417 e. The Balaban J connectivity index is 1.57. The van der Waals surface area contributed by atoms with Crippen LogP contribution in [0.15, 0.2) is 42.7 Å². The summed E-state index contributed by atoms with van der Waals surface area (Å²) in [7, 11) is 1.63. The second-order valence-corrected chi connectivity index (χ2v) is 9.19. The summed E-state index contributed by atoms with van der Waals surface area (Å²) < 4.78 is 51.8. The van der Waals surface area contributed by atoms with Crippen molar-refractivity contribution in [2.75, 3.05) is 58.0 Å². The van der Waals surface area contributed by atoms with Gasteiger partial charge in [-0.3, -0.25) is 9.88 Å². The van der Waals surface area contributed by atoms with Crippen LogP contribution < -0.4 is 4.90 Å². The predicted molar refractivity (Wildman–Crippen MR) is 121 cm³/mol. The summed E-state index contributed by atoms with van der Waals surface area (Å²) in [6.07, 6.45) is -0.0193. The normalized spacial score (nSPS) is 23.0. The van der Waals surface area contributed by atoms with Gasteiger partial charge in [-0.2, -0.15) is 18.4 Å². The van der Waals surface area contributed by atoms with Crippen LogP contribution in [0, 0.1) is 22.7 Å². The lowest BCUT2D eigenvalue weighted by Crippen LogP contribution is -2.51. The van der Waals surface area contributed by atoms with Gasteiger partial charge in [-0.1, -0.05) is 6.07 Å². The standard InChI is InChI=1S/C25H29F3N4O2/c1-33-9-10-34-18-24-16-31(14-19-3-2-7-30-13-19)8-6-21(24)15-32(17-24)22-5-4-20(12-29)23(11-22)25(26,27)28/h2-5,7,11,13,21H,6,8-10,14-18H2,1H3/t21-,24+/m1/s1. The van der Waals surface area contributed by atoms with Gasteiger partial charge in [-0.15, -0.1) is 0 Å². The van der Waals surface area contributed by atoms with E-state index < -0.39 is 11.7 Å². The minimum Gasteiger partial charge on any atom is -0.382 e. The number of likely N-dealkylation sites (tertiary alicyclic amines) is 1. The fourth-order valence-corrected chi connectivity index (χ4v) is 5.24. The van der Waals surface area contributed by atoms with Gasteiger partial charge in [0.15, 0.2) is 0 Å². The van der Waals surface area contributed by atoms with Crippen LogP contribution in [0.4, 0.5) is 18.9 Å². The molecule has 2 aromatic rings. The summed E-state index contributed by atoms with van der Waals surface area (Å²) in [4.78, 5) is 8.62. The molecule has 4 rings (SSSR count). The molecule has 0 spiro atoms. The molecular formula is C25H29F3N4O2. The number of benzene rings is 1. The third kappa shape index (κ3) is 5.35. The van der Waals surface area contributed by atoms with Gasteiger partial charge in [0.2, 0.25) is 0 Å². The van der Waals surface area contributed by atoms with Crippen molar-refractivity contribution >= 4 is 5.69 Å². The zero-order chi connectivity index (χ0) is 24.2. The molecule has 9 heteroatoms. The molecule has 6 nitrogen and oxygen atoms in total. The lowest BCUT2D eigenvalue weighted by molar-refractivity contribution is -0.137. The van der Waals surface area contributed by atoms with E-state index in [1.807, 2.05) is 17.2 Å². The van der Waals surface area contributed by atoms with E-state index in [2.05, 4.69) is 16.0 Å². The SMILES string of the molecule is COCCOC[C@@]12CN(Cc3cccnc3)CC[C@@H]1CN(c1ccc(C#N)c(C(F)(F)F)c1)C2. The molecule has 2 aliphatic heterocycles. The van der Waals surface area contributed by atoms with E-state index >= 15 is 0 Å². The topological polar surface area (TPSA) is 61.6 Å². The monoisotopic (exact) mass is 474 g/mol. The van der Waals surface area contributed by atoms with Gasteiger partial charge < -0.3 is 14.4 Å². The van der Waals surface area contributed by atoms with Crippen LogP contribution in [-0.4, -0.2) is 63.0 Å². The summed E-state index contributed by atoms with van der Waals surface area (Å²) in [6, 6.07) is 9.65. The number of halogens is 3. The van der Waals surface area contributed by atoms with Crippen LogP contribution in [0.3, 0.4) is 0 Å². The fourth-order valence-electron chi connectivity index (χ4n) is 5.24. The Kier molecular flexibility index (Phi) is 7.41. The highest BCUT2D eigenvalue weighted by atomic mass is 19.4. The highest BCUT2D eigenvalue weighted by Gasteiger charge is 2.50. The maximum atomic E-state index is 13.6. The highest BCUT2D eigenvalue weighted by Crippen LogP contribution is 2.45. The van der Waals surface area contributed by atoms with Crippen LogP contribution in [0.25, 0.3) is 0 Å². The molecular weight excluding hydrogens is 445 g/mol. The van der Waals surface area contributed by atoms with Crippen molar-refractivity contribution in [1.29, 1.82) is 5.26 Å². The summed E-state index contributed by atoms with van der Waals surface area (Å²) in [5.74, 6) is 0.296. The van der Waals surface area contributed by atoms with Gasteiger partial charge in [-0.05, 0) is 48.7 Å². The van der Waals surface area contributed by atoms with E-state index in [1.54, 1.807) is 25.4 Å². The average Bonchev–Trinajstić information content (AvgIpc) is 3.20. The number of rotatable bonds is 8. The van der Waals surface area contributed by atoms with E-state index in [4.69, 9.17) is 14.7 Å². The number of nitriles is 1. The molecule has 3 heterocycles. The van der Waals surface area contributed by atoms with Crippen LogP contribution >= 0.6 is 0 Å². The quantitative estimate of drug-likeness (QED) is 0.540. The lowest BCUT2D eigenvalue weighted by Gasteiger charge is -2.44. The van der Waals surface area contributed by atoms with Crippen molar-refractivity contribution in [2.45, 2.75) is 19.1 Å². The van der Waals surface area contributed by atoms with Crippen LogP contribution in [0.5, 0.6) is 0 Å². The fraction of sp³-hybridized carbons (Fsp3) is 0.520. The van der Waals surface area contributed by atoms with Gasteiger partial charge in [0.1, 0.15) is 0 Å². The Morgan fingerprint density at radius 3 is 2.79 bits per heavy atom. The van der Waals surface area contributed by atoms with E-state index in [9.17, 15) is 13.2 Å².